The zero-order valence-corrected chi connectivity index (χ0v) is 11.4. The average molecular weight is 239 g/mol. The highest BCUT2D eigenvalue weighted by Crippen LogP contribution is 2.33. The third-order valence-electron chi connectivity index (χ3n) is 3.50. The van der Waals surface area contributed by atoms with Gasteiger partial charge in [0.05, 0.1) is 0 Å². The van der Waals surface area contributed by atoms with Gasteiger partial charge in [-0.25, -0.2) is 0 Å². The first kappa shape index (κ1) is 12.8. The van der Waals surface area contributed by atoms with Crippen molar-refractivity contribution in [3.05, 3.63) is 71.8 Å². The minimum absolute atomic E-state index is 0.411. The molecule has 0 heterocycles. The highest BCUT2D eigenvalue weighted by Gasteiger charge is 2.22. The summed E-state index contributed by atoms with van der Waals surface area (Å²) >= 11 is 0. The maximum atomic E-state index is 2.30. The fourth-order valence-electron chi connectivity index (χ4n) is 2.62. The predicted molar refractivity (Wildman–Crippen MR) is 77.7 cm³/mol. The molecule has 2 rings (SSSR count). The Hall–Kier alpha value is -1.60. The highest BCUT2D eigenvalue weighted by molar-refractivity contribution is 5.27. The van der Waals surface area contributed by atoms with Gasteiger partial charge in [-0.3, -0.25) is 0 Å². The van der Waals surface area contributed by atoms with Crippen molar-refractivity contribution < 1.29 is 0 Å². The van der Waals surface area contributed by atoms with Crippen LogP contribution < -0.4 is 0 Å². The topological polar surface area (TPSA) is 3.24 Å². The molecule has 18 heavy (non-hydrogen) atoms. The van der Waals surface area contributed by atoms with E-state index in [1.165, 1.54) is 11.1 Å². The van der Waals surface area contributed by atoms with Crippen molar-refractivity contribution in [2.24, 2.45) is 0 Å². The lowest BCUT2D eigenvalue weighted by atomic mass is 9.88. The van der Waals surface area contributed by atoms with E-state index < -0.39 is 0 Å². The van der Waals surface area contributed by atoms with Crippen LogP contribution in [0.1, 0.15) is 30.0 Å². The lowest BCUT2D eigenvalue weighted by Crippen LogP contribution is -2.24. The van der Waals surface area contributed by atoms with Gasteiger partial charge in [0.25, 0.3) is 0 Å². The monoisotopic (exact) mass is 239 g/mol. The van der Waals surface area contributed by atoms with E-state index in [-0.39, 0.29) is 0 Å². The smallest absolute Gasteiger partial charge is 0.0407 e. The van der Waals surface area contributed by atoms with Crippen LogP contribution in [0.5, 0.6) is 0 Å². The number of nitrogens with zero attached hydrogens (tertiary/aromatic N) is 1. The Morgan fingerprint density at radius 2 is 1.17 bits per heavy atom. The van der Waals surface area contributed by atoms with Crippen molar-refractivity contribution in [2.45, 2.75) is 18.9 Å². The highest BCUT2D eigenvalue weighted by atomic mass is 15.1. The normalized spacial score (nSPS) is 14.4. The van der Waals surface area contributed by atoms with Crippen molar-refractivity contribution in [3.63, 3.8) is 0 Å². The zero-order valence-electron chi connectivity index (χ0n) is 11.4. The molecular weight excluding hydrogens is 218 g/mol. The summed E-state index contributed by atoms with van der Waals surface area (Å²) in [6.45, 7) is 2.30. The average Bonchev–Trinajstić information content (AvgIpc) is 2.40. The van der Waals surface area contributed by atoms with Crippen molar-refractivity contribution in [1.29, 1.82) is 0 Å². The molecule has 0 bridgehead atoms. The molecule has 0 aromatic heterocycles. The summed E-state index contributed by atoms with van der Waals surface area (Å²) < 4.78 is 0. The molecule has 2 aromatic carbocycles. The Morgan fingerprint density at radius 1 is 0.722 bits per heavy atom. The lowest BCUT2D eigenvalue weighted by molar-refractivity contribution is 0.265. The molecule has 0 aliphatic rings. The van der Waals surface area contributed by atoms with Gasteiger partial charge in [0.15, 0.2) is 0 Å². The maximum Gasteiger partial charge on any atom is 0.0407 e. The van der Waals surface area contributed by atoms with Gasteiger partial charge in [-0.15, -0.1) is 0 Å². The van der Waals surface area contributed by atoms with Crippen LogP contribution in [0, 0.1) is 0 Å². The summed E-state index contributed by atoms with van der Waals surface area (Å²) in [6.07, 6.45) is 0. The van der Waals surface area contributed by atoms with Gasteiger partial charge in [-0.2, -0.15) is 0 Å². The van der Waals surface area contributed by atoms with Gasteiger partial charge in [-0.1, -0.05) is 67.6 Å². The molecule has 0 fully saturated rings. The molecule has 0 N–H and O–H groups in total. The Labute approximate surface area is 110 Å². The molecule has 0 spiro atoms. The quantitative estimate of drug-likeness (QED) is 0.776. The molecule has 1 heteroatoms. The van der Waals surface area contributed by atoms with Crippen molar-refractivity contribution in [2.75, 3.05) is 14.1 Å². The number of rotatable bonds is 4. The molecule has 2 aromatic rings. The fraction of sp³-hybridized carbons (Fsp3) is 0.294. The minimum atomic E-state index is 0.411. The summed E-state index contributed by atoms with van der Waals surface area (Å²) in [4.78, 5) is 2.30. The van der Waals surface area contributed by atoms with E-state index in [9.17, 15) is 0 Å². The first-order valence-corrected chi connectivity index (χ1v) is 6.46. The SMILES string of the molecule is CC(c1ccccc1)C(c1ccccc1)N(C)C. The molecule has 0 saturated carbocycles. The largest absolute Gasteiger partial charge is 0.302 e. The number of hydrogen-bond donors (Lipinski definition) is 0. The predicted octanol–water partition coefficient (Wildman–Crippen LogP) is 4.09. The third kappa shape index (κ3) is 2.80. The second-order valence-electron chi connectivity index (χ2n) is 5.02. The fourth-order valence-corrected chi connectivity index (χ4v) is 2.62. The molecule has 0 radical (unpaired) electrons. The lowest BCUT2D eigenvalue weighted by Gasteiger charge is -2.31. The molecule has 94 valence electrons. The Morgan fingerprint density at radius 3 is 1.61 bits per heavy atom. The Bertz CT molecular complexity index is 461. The third-order valence-corrected chi connectivity index (χ3v) is 3.50. The van der Waals surface area contributed by atoms with Gasteiger partial charge < -0.3 is 4.90 Å². The standard InChI is InChI=1S/C17H21N/c1-14(15-10-6-4-7-11-15)17(18(2)3)16-12-8-5-9-13-16/h4-14,17H,1-3H3. The van der Waals surface area contributed by atoms with Crippen molar-refractivity contribution in [1.82, 2.24) is 4.90 Å². The van der Waals surface area contributed by atoms with Crippen molar-refractivity contribution >= 4 is 0 Å². The van der Waals surface area contributed by atoms with E-state index in [1.54, 1.807) is 0 Å². The number of benzene rings is 2. The molecule has 0 saturated heterocycles. The Balaban J connectivity index is 2.32. The van der Waals surface area contributed by atoms with Gasteiger partial charge >= 0.3 is 0 Å². The van der Waals surface area contributed by atoms with Crippen LogP contribution in [0.2, 0.25) is 0 Å². The van der Waals surface area contributed by atoms with Crippen LogP contribution in [0.3, 0.4) is 0 Å². The van der Waals surface area contributed by atoms with E-state index >= 15 is 0 Å². The summed E-state index contributed by atoms with van der Waals surface area (Å²) in [5.74, 6) is 0.476. The second kappa shape index (κ2) is 5.83. The van der Waals surface area contributed by atoms with Gasteiger partial charge in [0.1, 0.15) is 0 Å². The number of likely N-dealkylation sites (N-methyl/N-ethyl adjacent to an activating group) is 1. The summed E-state index contributed by atoms with van der Waals surface area (Å²) in [7, 11) is 4.30. The van der Waals surface area contributed by atoms with Crippen molar-refractivity contribution in [3.8, 4) is 0 Å². The van der Waals surface area contributed by atoms with Crippen LogP contribution in [-0.2, 0) is 0 Å². The molecular formula is C17H21N. The number of hydrogen-bond acceptors (Lipinski definition) is 1. The Kier molecular flexibility index (Phi) is 4.16. The van der Waals surface area contributed by atoms with E-state index in [0.717, 1.165) is 0 Å². The van der Waals surface area contributed by atoms with E-state index in [1.807, 2.05) is 0 Å². The summed E-state index contributed by atoms with van der Waals surface area (Å²) in [5.41, 5.74) is 2.76. The van der Waals surface area contributed by atoms with Crippen LogP contribution in [0.15, 0.2) is 60.7 Å². The molecule has 2 unspecified atom stereocenters. The van der Waals surface area contributed by atoms with Crippen LogP contribution in [-0.4, -0.2) is 19.0 Å². The van der Waals surface area contributed by atoms with Crippen LogP contribution >= 0.6 is 0 Å². The molecule has 1 nitrogen and oxygen atoms in total. The summed E-state index contributed by atoms with van der Waals surface area (Å²) in [6, 6.07) is 21.9. The maximum absolute atomic E-state index is 2.30. The van der Waals surface area contributed by atoms with E-state index in [0.29, 0.717) is 12.0 Å². The molecule has 0 amide bonds. The first-order chi connectivity index (χ1) is 8.70. The van der Waals surface area contributed by atoms with E-state index in [2.05, 4.69) is 86.6 Å². The minimum Gasteiger partial charge on any atom is -0.302 e. The molecule has 0 aliphatic carbocycles. The zero-order chi connectivity index (χ0) is 13.0. The van der Waals surface area contributed by atoms with Gasteiger partial charge in [0.2, 0.25) is 0 Å². The van der Waals surface area contributed by atoms with Gasteiger partial charge in [0, 0.05) is 12.0 Å². The second-order valence-corrected chi connectivity index (χ2v) is 5.02. The van der Waals surface area contributed by atoms with Crippen LogP contribution in [0.4, 0.5) is 0 Å². The summed E-state index contributed by atoms with van der Waals surface area (Å²) in [5, 5.41) is 0. The first-order valence-electron chi connectivity index (χ1n) is 6.46. The van der Waals surface area contributed by atoms with Gasteiger partial charge in [-0.05, 0) is 25.2 Å². The molecule has 2 atom stereocenters. The van der Waals surface area contributed by atoms with E-state index in [4.69, 9.17) is 0 Å². The van der Waals surface area contributed by atoms with Crippen LogP contribution in [0.25, 0.3) is 0 Å². The molecule has 0 aliphatic heterocycles.